The lowest BCUT2D eigenvalue weighted by molar-refractivity contribution is 1.09. The maximum atomic E-state index is 4.05. The summed E-state index contributed by atoms with van der Waals surface area (Å²) < 4.78 is 1.41. The number of hydrogen-bond acceptors (Lipinski definition) is 3. The third-order valence-electron chi connectivity index (χ3n) is 1.98. The van der Waals surface area contributed by atoms with Crippen LogP contribution in [-0.4, -0.2) is 10.2 Å². The molecule has 12 heavy (non-hydrogen) atoms. The van der Waals surface area contributed by atoms with Gasteiger partial charge in [0.25, 0.3) is 0 Å². The number of nitrogens with one attached hydrogen (secondary N) is 1. The first-order chi connectivity index (χ1) is 5.95. The number of thioether (sulfide) groups is 1. The fourth-order valence-electron chi connectivity index (χ4n) is 1.39. The van der Waals surface area contributed by atoms with Crippen molar-refractivity contribution in [3.05, 3.63) is 23.2 Å². The van der Waals surface area contributed by atoms with Gasteiger partial charge in [-0.25, -0.2) is 0 Å². The van der Waals surface area contributed by atoms with Crippen LogP contribution >= 0.6 is 23.1 Å². The lowest BCUT2D eigenvalue weighted by Crippen LogP contribution is -1.89. The van der Waals surface area contributed by atoms with E-state index in [-0.39, 0.29) is 0 Å². The zero-order valence-corrected chi connectivity index (χ0v) is 7.84. The Hall–Kier alpha value is -0.740. The lowest BCUT2D eigenvalue weighted by Gasteiger charge is -2.09. The van der Waals surface area contributed by atoms with E-state index in [1.54, 1.807) is 0 Å². The molecule has 1 aliphatic heterocycles. The highest BCUT2D eigenvalue weighted by Crippen LogP contribution is 2.43. The second kappa shape index (κ2) is 2.37. The van der Waals surface area contributed by atoms with Crippen LogP contribution in [0, 0.1) is 0 Å². The molecule has 60 valence electrons. The predicted molar refractivity (Wildman–Crippen MR) is 51.5 cm³/mol. The van der Waals surface area contributed by atoms with E-state index in [1.807, 2.05) is 29.3 Å². The summed E-state index contributed by atoms with van der Waals surface area (Å²) in [5.41, 5.74) is 3.86. The van der Waals surface area contributed by atoms with Crippen molar-refractivity contribution in [3.8, 4) is 11.3 Å². The zero-order chi connectivity index (χ0) is 7.97. The lowest BCUT2D eigenvalue weighted by atomic mass is 10.2. The second-order valence-corrected chi connectivity index (χ2v) is 4.84. The molecule has 3 rings (SSSR count). The fraction of sp³-hybridized carbons (Fsp3) is 0.125. The molecule has 0 saturated carbocycles. The minimum Gasteiger partial charge on any atom is -0.277 e. The molecule has 0 bridgehead atoms. The molecule has 0 spiro atoms. The Morgan fingerprint density at radius 1 is 1.50 bits per heavy atom. The average Bonchev–Trinajstić information content (AvgIpc) is 2.71. The highest BCUT2D eigenvalue weighted by Gasteiger charge is 2.18. The minimum absolute atomic E-state index is 1.05. The number of rotatable bonds is 0. The topological polar surface area (TPSA) is 28.7 Å². The molecular formula is C8H6N2S2. The van der Waals surface area contributed by atoms with Crippen LogP contribution in [0.25, 0.3) is 11.3 Å². The van der Waals surface area contributed by atoms with Gasteiger partial charge in [-0.3, -0.25) is 5.10 Å². The average molecular weight is 194 g/mol. The molecule has 1 N–H and O–H groups in total. The molecule has 2 aromatic heterocycles. The molecule has 0 radical (unpaired) electrons. The van der Waals surface area contributed by atoms with Crippen molar-refractivity contribution in [1.82, 2.24) is 10.2 Å². The summed E-state index contributed by atoms with van der Waals surface area (Å²) >= 11 is 3.71. The number of thiophene rings is 1. The van der Waals surface area contributed by atoms with Crippen molar-refractivity contribution in [2.75, 3.05) is 0 Å². The van der Waals surface area contributed by atoms with Crippen LogP contribution in [0.2, 0.25) is 0 Å². The van der Waals surface area contributed by atoms with Gasteiger partial charge in [-0.05, 0) is 11.4 Å². The van der Waals surface area contributed by atoms with Crippen molar-refractivity contribution in [2.24, 2.45) is 0 Å². The first kappa shape index (κ1) is 6.74. The molecule has 0 saturated heterocycles. The normalized spacial score (nSPS) is 14.0. The molecule has 0 atom stereocenters. The summed E-state index contributed by atoms with van der Waals surface area (Å²) in [5, 5.41) is 9.22. The molecule has 0 fully saturated rings. The standard InChI is InChI=1S/C8H6N2S2/c1-2-11-8-6(1)7-5(4-12-8)3-9-10-7/h1-3H,4H2,(H,9,10). The molecule has 3 heterocycles. The van der Waals surface area contributed by atoms with Crippen LogP contribution in [0.4, 0.5) is 0 Å². The van der Waals surface area contributed by atoms with Crippen LogP contribution in [0.5, 0.6) is 0 Å². The Bertz CT molecular complexity index is 376. The van der Waals surface area contributed by atoms with Gasteiger partial charge in [0.15, 0.2) is 0 Å². The van der Waals surface area contributed by atoms with Gasteiger partial charge in [-0.15, -0.1) is 23.1 Å². The molecule has 0 amide bonds. The third kappa shape index (κ3) is 0.791. The Balaban J connectivity index is 2.32. The molecule has 1 aliphatic rings. The number of fused-ring (bicyclic) bond motifs is 3. The second-order valence-electron chi connectivity index (χ2n) is 2.68. The summed E-state index contributed by atoms with van der Waals surface area (Å²) in [6, 6.07) is 2.16. The summed E-state index contributed by atoms with van der Waals surface area (Å²) in [6.07, 6.45) is 1.92. The van der Waals surface area contributed by atoms with Gasteiger partial charge in [0.2, 0.25) is 0 Å². The SMILES string of the molecule is c1cc2c(s1)SCc1cn[nH]c1-2. The number of H-pyrrole nitrogens is 1. The van der Waals surface area contributed by atoms with E-state index in [2.05, 4.69) is 21.6 Å². The van der Waals surface area contributed by atoms with E-state index in [9.17, 15) is 0 Å². The van der Waals surface area contributed by atoms with Crippen molar-refractivity contribution in [2.45, 2.75) is 9.96 Å². The van der Waals surface area contributed by atoms with Crippen LogP contribution in [0.3, 0.4) is 0 Å². The molecule has 2 nitrogen and oxygen atoms in total. The molecule has 0 aliphatic carbocycles. The summed E-state index contributed by atoms with van der Waals surface area (Å²) in [5.74, 6) is 1.05. The van der Waals surface area contributed by atoms with Crippen molar-refractivity contribution in [3.63, 3.8) is 0 Å². The van der Waals surface area contributed by atoms with Crippen molar-refractivity contribution in [1.29, 1.82) is 0 Å². The van der Waals surface area contributed by atoms with E-state index in [0.717, 1.165) is 5.75 Å². The number of aromatic nitrogens is 2. The smallest absolute Gasteiger partial charge is 0.0710 e. The third-order valence-corrected chi connectivity index (χ3v) is 4.26. The van der Waals surface area contributed by atoms with Crippen LogP contribution in [0.15, 0.2) is 21.9 Å². The van der Waals surface area contributed by atoms with E-state index in [0.29, 0.717) is 0 Å². The maximum Gasteiger partial charge on any atom is 0.0710 e. The van der Waals surface area contributed by atoms with Gasteiger partial charge < -0.3 is 0 Å². The van der Waals surface area contributed by atoms with Gasteiger partial charge >= 0.3 is 0 Å². The first-order valence-corrected chi connectivity index (χ1v) is 5.54. The Kier molecular flexibility index (Phi) is 1.33. The predicted octanol–water partition coefficient (Wildman–Crippen LogP) is 2.74. The van der Waals surface area contributed by atoms with E-state index < -0.39 is 0 Å². The number of nitrogens with zero attached hydrogens (tertiary/aromatic N) is 1. The Labute approximate surface area is 78.0 Å². The molecule has 0 aromatic carbocycles. The highest BCUT2D eigenvalue weighted by atomic mass is 32.2. The highest BCUT2D eigenvalue weighted by molar-refractivity contribution is 8.00. The Morgan fingerprint density at radius 3 is 3.50 bits per heavy atom. The Morgan fingerprint density at radius 2 is 2.50 bits per heavy atom. The van der Waals surface area contributed by atoms with Crippen LogP contribution in [-0.2, 0) is 5.75 Å². The van der Waals surface area contributed by atoms with Crippen LogP contribution in [0.1, 0.15) is 5.56 Å². The molecule has 0 unspecified atom stereocenters. The maximum absolute atomic E-state index is 4.05. The fourth-order valence-corrected chi connectivity index (χ4v) is 3.46. The van der Waals surface area contributed by atoms with Gasteiger partial charge in [0, 0.05) is 16.9 Å². The van der Waals surface area contributed by atoms with E-state index >= 15 is 0 Å². The molecular weight excluding hydrogens is 188 g/mol. The summed E-state index contributed by atoms with van der Waals surface area (Å²) in [7, 11) is 0. The summed E-state index contributed by atoms with van der Waals surface area (Å²) in [4.78, 5) is 0. The minimum atomic E-state index is 1.05. The zero-order valence-electron chi connectivity index (χ0n) is 6.20. The van der Waals surface area contributed by atoms with Gasteiger partial charge in [0.05, 0.1) is 16.1 Å². The van der Waals surface area contributed by atoms with Gasteiger partial charge in [-0.1, -0.05) is 0 Å². The number of hydrogen-bond donors (Lipinski definition) is 1. The largest absolute Gasteiger partial charge is 0.277 e. The van der Waals surface area contributed by atoms with Crippen LogP contribution < -0.4 is 0 Å². The quantitative estimate of drug-likeness (QED) is 0.698. The first-order valence-electron chi connectivity index (χ1n) is 3.68. The summed E-state index contributed by atoms with van der Waals surface area (Å²) in [6.45, 7) is 0. The van der Waals surface area contributed by atoms with Gasteiger partial charge in [0.1, 0.15) is 0 Å². The van der Waals surface area contributed by atoms with E-state index in [1.165, 1.54) is 21.0 Å². The van der Waals surface area contributed by atoms with Crippen molar-refractivity contribution < 1.29 is 0 Å². The van der Waals surface area contributed by atoms with Gasteiger partial charge in [-0.2, -0.15) is 5.10 Å². The molecule has 4 heteroatoms. The van der Waals surface area contributed by atoms with E-state index in [4.69, 9.17) is 0 Å². The van der Waals surface area contributed by atoms with Crippen molar-refractivity contribution >= 4 is 23.1 Å². The monoisotopic (exact) mass is 194 g/mol. The number of aromatic amines is 1. The molecule has 2 aromatic rings.